The van der Waals surface area contributed by atoms with Crippen molar-refractivity contribution < 1.29 is 4.79 Å². The summed E-state index contributed by atoms with van der Waals surface area (Å²) in [5, 5.41) is 6.00. The van der Waals surface area contributed by atoms with Crippen LogP contribution in [0.25, 0.3) is 0 Å². The average Bonchev–Trinajstić information content (AvgIpc) is 2.38. The molecule has 0 spiro atoms. The van der Waals surface area contributed by atoms with Crippen LogP contribution < -0.4 is 16.4 Å². The summed E-state index contributed by atoms with van der Waals surface area (Å²) in [6, 6.07) is 3.58. The quantitative estimate of drug-likeness (QED) is 0.642. The molecule has 100 valence electrons. The largest absolute Gasteiger partial charge is 0.396 e. The molecule has 0 unspecified atom stereocenters. The van der Waals surface area contributed by atoms with E-state index in [0.717, 1.165) is 12.8 Å². The summed E-state index contributed by atoms with van der Waals surface area (Å²) in [5.41, 5.74) is 6.36. The van der Waals surface area contributed by atoms with E-state index in [1.165, 1.54) is 0 Å². The fraction of sp³-hybridized carbons (Fsp3) is 0.538. The lowest BCUT2D eigenvalue weighted by atomic mass is 10.0. The molecule has 1 rings (SSSR count). The van der Waals surface area contributed by atoms with Crippen LogP contribution in [0.5, 0.6) is 0 Å². The van der Waals surface area contributed by atoms with Crippen LogP contribution in [-0.2, 0) is 4.79 Å². The first-order chi connectivity index (χ1) is 8.69. The Balaban J connectivity index is 2.27. The number of hydrogen-bond donors (Lipinski definition) is 3. The van der Waals surface area contributed by atoms with Gasteiger partial charge in [-0.2, -0.15) is 0 Å². The van der Waals surface area contributed by atoms with Gasteiger partial charge in [0.1, 0.15) is 5.82 Å². The number of anilines is 2. The first-order valence-corrected chi connectivity index (χ1v) is 6.41. The number of amides is 1. The fourth-order valence-electron chi connectivity index (χ4n) is 1.74. The third-order valence-electron chi connectivity index (χ3n) is 2.91. The number of carbonyl (C=O) groups is 1. The third-order valence-corrected chi connectivity index (χ3v) is 2.91. The molecular formula is C13H22N4O. The van der Waals surface area contributed by atoms with Crippen LogP contribution in [0.15, 0.2) is 18.3 Å². The molecule has 1 aromatic rings. The van der Waals surface area contributed by atoms with Gasteiger partial charge in [0.2, 0.25) is 5.91 Å². The lowest BCUT2D eigenvalue weighted by molar-refractivity contribution is -0.125. The van der Waals surface area contributed by atoms with Crippen molar-refractivity contribution in [1.82, 2.24) is 10.3 Å². The number of hydrogen-bond acceptors (Lipinski definition) is 4. The van der Waals surface area contributed by atoms with Gasteiger partial charge in [0.25, 0.3) is 0 Å². The van der Waals surface area contributed by atoms with Gasteiger partial charge in [0, 0.05) is 25.2 Å². The molecule has 1 heterocycles. The molecule has 0 saturated heterocycles. The number of nitrogens with one attached hydrogen (secondary N) is 2. The number of nitrogen functional groups attached to an aromatic ring is 1. The molecule has 0 atom stereocenters. The van der Waals surface area contributed by atoms with Gasteiger partial charge in [-0.25, -0.2) is 4.98 Å². The molecular weight excluding hydrogens is 228 g/mol. The highest BCUT2D eigenvalue weighted by Crippen LogP contribution is 2.12. The van der Waals surface area contributed by atoms with Gasteiger partial charge in [0.05, 0.1) is 5.69 Å². The summed E-state index contributed by atoms with van der Waals surface area (Å²) in [6.45, 7) is 5.25. The predicted octanol–water partition coefficient (Wildman–Crippen LogP) is 1.63. The van der Waals surface area contributed by atoms with E-state index in [1.807, 2.05) is 13.8 Å². The molecule has 18 heavy (non-hydrogen) atoms. The second-order valence-corrected chi connectivity index (χ2v) is 4.17. The summed E-state index contributed by atoms with van der Waals surface area (Å²) in [6.07, 6.45) is 3.44. The van der Waals surface area contributed by atoms with E-state index in [0.29, 0.717) is 24.6 Å². The number of rotatable bonds is 7. The lowest BCUT2D eigenvalue weighted by Crippen LogP contribution is -2.33. The maximum Gasteiger partial charge on any atom is 0.223 e. The maximum atomic E-state index is 11.7. The molecule has 1 amide bonds. The Labute approximate surface area is 108 Å². The second-order valence-electron chi connectivity index (χ2n) is 4.17. The van der Waals surface area contributed by atoms with Crippen LogP contribution >= 0.6 is 0 Å². The van der Waals surface area contributed by atoms with Gasteiger partial charge in [-0.1, -0.05) is 13.8 Å². The van der Waals surface area contributed by atoms with E-state index in [1.54, 1.807) is 18.3 Å². The minimum Gasteiger partial charge on any atom is -0.396 e. The highest BCUT2D eigenvalue weighted by molar-refractivity contribution is 5.78. The van der Waals surface area contributed by atoms with Crippen molar-refractivity contribution in [3.63, 3.8) is 0 Å². The summed E-state index contributed by atoms with van der Waals surface area (Å²) in [7, 11) is 0. The van der Waals surface area contributed by atoms with Gasteiger partial charge in [-0.3, -0.25) is 4.79 Å². The molecule has 5 heteroatoms. The van der Waals surface area contributed by atoms with E-state index < -0.39 is 0 Å². The molecule has 4 N–H and O–H groups in total. The molecule has 1 aromatic heterocycles. The van der Waals surface area contributed by atoms with Crippen molar-refractivity contribution in [1.29, 1.82) is 0 Å². The number of nitrogens with zero attached hydrogens (tertiary/aromatic N) is 1. The minimum atomic E-state index is 0.116. The standard InChI is InChI=1S/C13H22N4O/c1-3-10(4-2)13(18)17-9-8-16-12-11(14)6-5-7-15-12/h5-7,10H,3-4,8-9,14H2,1-2H3,(H,15,16)(H,17,18). The average molecular weight is 250 g/mol. The zero-order valence-corrected chi connectivity index (χ0v) is 11.1. The highest BCUT2D eigenvalue weighted by atomic mass is 16.1. The molecule has 0 saturated carbocycles. The Morgan fingerprint density at radius 1 is 1.39 bits per heavy atom. The Morgan fingerprint density at radius 2 is 2.11 bits per heavy atom. The topological polar surface area (TPSA) is 80.0 Å². The van der Waals surface area contributed by atoms with Gasteiger partial charge >= 0.3 is 0 Å². The number of carbonyl (C=O) groups excluding carboxylic acids is 1. The van der Waals surface area contributed by atoms with Crippen LogP contribution in [0, 0.1) is 5.92 Å². The Morgan fingerprint density at radius 3 is 2.72 bits per heavy atom. The molecule has 0 fully saturated rings. The minimum absolute atomic E-state index is 0.116. The van der Waals surface area contributed by atoms with E-state index in [-0.39, 0.29) is 11.8 Å². The van der Waals surface area contributed by atoms with Crippen LogP contribution in [0.2, 0.25) is 0 Å². The fourth-order valence-corrected chi connectivity index (χ4v) is 1.74. The highest BCUT2D eigenvalue weighted by Gasteiger charge is 2.12. The van der Waals surface area contributed by atoms with Gasteiger partial charge in [-0.05, 0) is 25.0 Å². The Bertz CT molecular complexity index is 377. The van der Waals surface area contributed by atoms with Gasteiger partial charge < -0.3 is 16.4 Å². The van der Waals surface area contributed by atoms with Crippen LogP contribution in [0.4, 0.5) is 11.5 Å². The SMILES string of the molecule is CCC(CC)C(=O)NCCNc1ncccc1N. The van der Waals surface area contributed by atoms with Crippen molar-refractivity contribution in [2.24, 2.45) is 5.92 Å². The molecule has 0 radical (unpaired) electrons. The van der Waals surface area contributed by atoms with Gasteiger partial charge in [-0.15, -0.1) is 0 Å². The zero-order valence-electron chi connectivity index (χ0n) is 11.1. The van der Waals surface area contributed by atoms with E-state index in [4.69, 9.17) is 5.73 Å². The summed E-state index contributed by atoms with van der Waals surface area (Å²) in [4.78, 5) is 15.8. The molecule has 0 bridgehead atoms. The molecule has 0 aromatic carbocycles. The third kappa shape index (κ3) is 4.24. The first-order valence-electron chi connectivity index (χ1n) is 6.41. The predicted molar refractivity (Wildman–Crippen MR) is 74.2 cm³/mol. The zero-order chi connectivity index (χ0) is 13.4. The summed E-state index contributed by atoms with van der Waals surface area (Å²) >= 11 is 0. The molecule has 0 aliphatic rings. The van der Waals surface area contributed by atoms with Crippen molar-refractivity contribution in [2.45, 2.75) is 26.7 Å². The normalized spacial score (nSPS) is 10.4. The maximum absolute atomic E-state index is 11.7. The lowest BCUT2D eigenvalue weighted by Gasteiger charge is -2.13. The Kier molecular flexibility index (Phi) is 5.97. The van der Waals surface area contributed by atoms with Crippen molar-refractivity contribution >= 4 is 17.4 Å². The van der Waals surface area contributed by atoms with E-state index in [9.17, 15) is 4.79 Å². The Hall–Kier alpha value is -1.78. The summed E-state index contributed by atoms with van der Waals surface area (Å²) in [5.74, 6) is 0.898. The molecule has 0 aliphatic heterocycles. The van der Waals surface area contributed by atoms with Crippen LogP contribution in [-0.4, -0.2) is 24.0 Å². The molecule has 0 aliphatic carbocycles. The van der Waals surface area contributed by atoms with Crippen molar-refractivity contribution in [3.05, 3.63) is 18.3 Å². The van der Waals surface area contributed by atoms with Crippen molar-refractivity contribution in [2.75, 3.05) is 24.1 Å². The number of pyridine rings is 1. The number of nitrogens with two attached hydrogens (primary N) is 1. The number of aromatic nitrogens is 1. The van der Waals surface area contributed by atoms with Crippen LogP contribution in [0.3, 0.4) is 0 Å². The smallest absolute Gasteiger partial charge is 0.223 e. The van der Waals surface area contributed by atoms with Crippen LogP contribution in [0.1, 0.15) is 26.7 Å². The van der Waals surface area contributed by atoms with Gasteiger partial charge in [0.15, 0.2) is 0 Å². The first kappa shape index (κ1) is 14.3. The molecule has 5 nitrogen and oxygen atoms in total. The monoisotopic (exact) mass is 250 g/mol. The van der Waals surface area contributed by atoms with E-state index in [2.05, 4.69) is 15.6 Å². The van der Waals surface area contributed by atoms with E-state index >= 15 is 0 Å². The summed E-state index contributed by atoms with van der Waals surface area (Å²) < 4.78 is 0. The van der Waals surface area contributed by atoms with Crippen molar-refractivity contribution in [3.8, 4) is 0 Å². The second kappa shape index (κ2) is 7.53.